The topological polar surface area (TPSA) is 76.0 Å². The predicted molar refractivity (Wildman–Crippen MR) is 165 cm³/mol. The van der Waals surface area contributed by atoms with E-state index in [1.165, 1.54) is 11.8 Å². The van der Waals surface area contributed by atoms with E-state index in [-0.39, 0.29) is 17.7 Å². The minimum absolute atomic E-state index is 0.0704. The normalized spacial score (nSPS) is 16.3. The largest absolute Gasteiger partial charge is 0.467 e. The molecule has 1 aliphatic rings. The highest BCUT2D eigenvalue weighted by atomic mass is 35.5. The Morgan fingerprint density at radius 2 is 1.73 bits per heavy atom. The number of halogens is 2. The third-order valence-corrected chi connectivity index (χ3v) is 8.28. The first kappa shape index (κ1) is 27.1. The molecule has 0 N–H and O–H groups in total. The fourth-order valence-corrected chi connectivity index (χ4v) is 5.91. The fourth-order valence-electron chi connectivity index (χ4n) is 4.45. The Labute approximate surface area is 251 Å². The van der Waals surface area contributed by atoms with Crippen molar-refractivity contribution in [2.75, 3.05) is 0 Å². The van der Waals surface area contributed by atoms with Crippen LogP contribution in [0.3, 0.4) is 0 Å². The van der Waals surface area contributed by atoms with Crippen LogP contribution in [0.1, 0.15) is 16.9 Å². The summed E-state index contributed by atoms with van der Waals surface area (Å²) < 4.78 is 7.32. The highest BCUT2D eigenvalue weighted by Crippen LogP contribution is 2.33. The number of hydrogen-bond acceptors (Lipinski definition) is 6. The Kier molecular flexibility index (Phi) is 8.04. The van der Waals surface area contributed by atoms with Gasteiger partial charge in [0, 0.05) is 27.4 Å². The highest BCUT2D eigenvalue weighted by molar-refractivity contribution is 8.15. The zero-order valence-corrected chi connectivity index (χ0v) is 23.9. The molecule has 5 aromatic rings. The van der Waals surface area contributed by atoms with Crippen LogP contribution in [0.15, 0.2) is 118 Å². The first-order chi connectivity index (χ1) is 20.0. The molecule has 1 aliphatic heterocycles. The minimum atomic E-state index is -0.385. The van der Waals surface area contributed by atoms with Crippen molar-refractivity contribution in [3.63, 3.8) is 0 Å². The number of para-hydroxylation sites is 1. The second kappa shape index (κ2) is 12.2. The third kappa shape index (κ3) is 6.15. The average molecular weight is 601 g/mol. The van der Waals surface area contributed by atoms with Crippen molar-refractivity contribution in [2.24, 2.45) is 10.2 Å². The number of furan rings is 1. The Morgan fingerprint density at radius 3 is 2.49 bits per heavy atom. The molecule has 1 amide bonds. The Bertz CT molecular complexity index is 1720. The molecule has 0 aliphatic carbocycles. The summed E-state index contributed by atoms with van der Waals surface area (Å²) in [5.74, 6) is 0.585. The number of thioether (sulfide) groups is 1. The van der Waals surface area contributed by atoms with E-state index in [0.717, 1.165) is 28.1 Å². The number of carbonyl (C=O) groups excluding carboxylic acids is 1. The first-order valence-electron chi connectivity index (χ1n) is 12.8. The summed E-state index contributed by atoms with van der Waals surface area (Å²) in [4.78, 5) is 15.1. The highest BCUT2D eigenvalue weighted by Gasteiger charge is 2.39. The minimum Gasteiger partial charge on any atom is -0.467 e. The average Bonchev–Trinajstić information content (AvgIpc) is 3.73. The molecule has 1 saturated heterocycles. The van der Waals surface area contributed by atoms with Gasteiger partial charge in [0.05, 0.1) is 30.0 Å². The molecule has 7 nitrogen and oxygen atoms in total. The monoisotopic (exact) mass is 599 g/mol. The molecular formula is C31H23Cl2N5O2S. The van der Waals surface area contributed by atoms with E-state index in [1.54, 1.807) is 28.1 Å². The van der Waals surface area contributed by atoms with Gasteiger partial charge in [0.25, 0.3) is 0 Å². The molecule has 204 valence electrons. The molecule has 3 heterocycles. The van der Waals surface area contributed by atoms with Gasteiger partial charge in [0.2, 0.25) is 5.91 Å². The van der Waals surface area contributed by atoms with E-state index >= 15 is 0 Å². The van der Waals surface area contributed by atoms with E-state index in [1.807, 2.05) is 91.1 Å². The van der Waals surface area contributed by atoms with Gasteiger partial charge in [-0.1, -0.05) is 83.5 Å². The molecule has 0 bridgehead atoms. The van der Waals surface area contributed by atoms with Gasteiger partial charge in [-0.3, -0.25) is 9.69 Å². The van der Waals surface area contributed by atoms with Gasteiger partial charge in [-0.2, -0.15) is 10.2 Å². The van der Waals surface area contributed by atoms with Crippen LogP contribution in [0.5, 0.6) is 0 Å². The van der Waals surface area contributed by atoms with Crippen LogP contribution in [0.2, 0.25) is 10.0 Å². The zero-order valence-electron chi connectivity index (χ0n) is 21.6. The lowest BCUT2D eigenvalue weighted by atomic mass is 10.1. The molecule has 1 atom stereocenters. The molecule has 0 spiro atoms. The molecule has 10 heteroatoms. The number of amidine groups is 1. The summed E-state index contributed by atoms with van der Waals surface area (Å²) in [6.07, 6.45) is 5.62. The number of hydrogen-bond donors (Lipinski definition) is 0. The van der Waals surface area contributed by atoms with Crippen LogP contribution in [0, 0.1) is 0 Å². The lowest BCUT2D eigenvalue weighted by molar-refractivity contribution is -0.126. The zero-order chi connectivity index (χ0) is 28.2. The van der Waals surface area contributed by atoms with E-state index in [0.29, 0.717) is 27.4 Å². The Balaban J connectivity index is 1.32. The van der Waals surface area contributed by atoms with E-state index in [4.69, 9.17) is 32.7 Å². The third-order valence-electron chi connectivity index (χ3n) is 6.50. The lowest BCUT2D eigenvalue weighted by Crippen LogP contribution is -2.32. The van der Waals surface area contributed by atoms with Gasteiger partial charge in [-0.25, -0.2) is 4.68 Å². The summed E-state index contributed by atoms with van der Waals surface area (Å²) in [6.45, 7) is 0.258. The second-order valence-corrected chi connectivity index (χ2v) is 11.3. The quantitative estimate of drug-likeness (QED) is 0.136. The lowest BCUT2D eigenvalue weighted by Gasteiger charge is -2.14. The van der Waals surface area contributed by atoms with E-state index in [2.05, 4.69) is 10.2 Å². The second-order valence-electron chi connectivity index (χ2n) is 9.25. The van der Waals surface area contributed by atoms with Gasteiger partial charge in [0.1, 0.15) is 11.5 Å². The van der Waals surface area contributed by atoms with Gasteiger partial charge in [-0.15, -0.1) is 5.10 Å². The maximum atomic E-state index is 13.5. The van der Waals surface area contributed by atoms with Gasteiger partial charge in [0.15, 0.2) is 5.17 Å². The number of benzene rings is 3. The van der Waals surface area contributed by atoms with Crippen LogP contribution >= 0.6 is 35.0 Å². The van der Waals surface area contributed by atoms with Crippen molar-refractivity contribution in [3.05, 3.63) is 130 Å². The molecule has 0 radical (unpaired) electrons. The van der Waals surface area contributed by atoms with Crippen molar-refractivity contribution < 1.29 is 9.21 Å². The van der Waals surface area contributed by atoms with Crippen LogP contribution < -0.4 is 0 Å². The van der Waals surface area contributed by atoms with Crippen molar-refractivity contribution in [1.82, 2.24) is 14.7 Å². The molecule has 0 saturated carbocycles. The van der Waals surface area contributed by atoms with Crippen molar-refractivity contribution in [1.29, 1.82) is 0 Å². The summed E-state index contributed by atoms with van der Waals surface area (Å²) in [7, 11) is 0. The number of rotatable bonds is 8. The number of amides is 1. The maximum absolute atomic E-state index is 13.5. The molecule has 1 unspecified atom stereocenters. The number of aromatic nitrogens is 2. The van der Waals surface area contributed by atoms with Gasteiger partial charge in [-0.05, 0) is 54.4 Å². The Morgan fingerprint density at radius 1 is 0.951 bits per heavy atom. The maximum Gasteiger partial charge on any atom is 0.242 e. The standard InChI is InChI=1S/C31H23Cl2N5O2S/c32-24-14-12-21(13-15-24)29-23(19-38(36-29)25-8-2-1-3-9-25)18-34-35-31-37(20-26-10-6-16-40-26)30(39)28(41-31)17-22-7-4-5-11-27(22)33/h1-16,18-19,28H,17,20H2. The van der Waals surface area contributed by atoms with Crippen LogP contribution in [-0.4, -0.2) is 37.2 Å². The number of nitrogens with zero attached hydrogens (tertiary/aromatic N) is 5. The fraction of sp³-hybridized carbons (Fsp3) is 0.0968. The molecule has 6 rings (SSSR count). The van der Waals surface area contributed by atoms with Crippen molar-refractivity contribution in [2.45, 2.75) is 18.2 Å². The smallest absolute Gasteiger partial charge is 0.242 e. The van der Waals surface area contributed by atoms with Crippen LogP contribution in [0.4, 0.5) is 0 Å². The van der Waals surface area contributed by atoms with Crippen LogP contribution in [-0.2, 0) is 17.8 Å². The summed E-state index contributed by atoms with van der Waals surface area (Å²) in [5, 5.41) is 15.1. The molecule has 3 aromatic carbocycles. The Hall–Kier alpha value is -4.11. The van der Waals surface area contributed by atoms with Crippen molar-refractivity contribution >= 4 is 52.3 Å². The number of carbonyl (C=O) groups is 1. The molecule has 41 heavy (non-hydrogen) atoms. The SMILES string of the molecule is O=C1C(Cc2ccccc2Cl)SC(=NN=Cc2cn(-c3ccccc3)nc2-c2ccc(Cl)cc2)N1Cc1ccco1. The first-order valence-corrected chi connectivity index (χ1v) is 14.4. The predicted octanol–water partition coefficient (Wildman–Crippen LogP) is 7.52. The summed E-state index contributed by atoms with van der Waals surface area (Å²) >= 11 is 13.9. The van der Waals surface area contributed by atoms with E-state index < -0.39 is 0 Å². The molecular weight excluding hydrogens is 577 g/mol. The van der Waals surface area contributed by atoms with Gasteiger partial charge < -0.3 is 4.42 Å². The summed E-state index contributed by atoms with van der Waals surface area (Å²) in [5.41, 5.74) is 4.21. The van der Waals surface area contributed by atoms with Gasteiger partial charge >= 0.3 is 0 Å². The molecule has 2 aromatic heterocycles. The molecule has 1 fully saturated rings. The summed E-state index contributed by atoms with van der Waals surface area (Å²) in [6, 6.07) is 28.5. The van der Waals surface area contributed by atoms with E-state index in [9.17, 15) is 4.79 Å². The van der Waals surface area contributed by atoms with Crippen molar-refractivity contribution in [3.8, 4) is 16.9 Å². The van der Waals surface area contributed by atoms with Crippen LogP contribution in [0.25, 0.3) is 16.9 Å².